The molecular formula is C15H16BrClFN3. The summed E-state index contributed by atoms with van der Waals surface area (Å²) >= 11 is 9.16. The van der Waals surface area contributed by atoms with Crippen molar-refractivity contribution in [3.63, 3.8) is 0 Å². The molecular weight excluding hydrogens is 357 g/mol. The van der Waals surface area contributed by atoms with E-state index in [1.165, 1.54) is 0 Å². The van der Waals surface area contributed by atoms with Gasteiger partial charge in [0.15, 0.2) is 5.82 Å². The van der Waals surface area contributed by atoms with Crippen LogP contribution in [0.2, 0.25) is 5.02 Å². The van der Waals surface area contributed by atoms with Gasteiger partial charge in [-0.25, -0.2) is 14.4 Å². The molecule has 0 radical (unpaired) electrons. The second-order valence-electron chi connectivity index (χ2n) is 5.88. The van der Waals surface area contributed by atoms with Crippen molar-refractivity contribution in [3.8, 4) is 11.3 Å². The van der Waals surface area contributed by atoms with E-state index in [0.717, 1.165) is 0 Å². The van der Waals surface area contributed by atoms with Crippen molar-refractivity contribution in [2.75, 3.05) is 5.73 Å². The molecule has 0 saturated carbocycles. The van der Waals surface area contributed by atoms with Gasteiger partial charge in [-0.15, -0.1) is 0 Å². The lowest BCUT2D eigenvalue weighted by molar-refractivity contribution is 0.546. The maximum absolute atomic E-state index is 14.4. The summed E-state index contributed by atoms with van der Waals surface area (Å²) in [6.45, 7) is 7.70. The molecule has 1 heterocycles. The summed E-state index contributed by atoms with van der Waals surface area (Å²) in [5.74, 6) is 0.398. The molecule has 0 aliphatic heterocycles. The molecule has 0 saturated heterocycles. The number of nitrogen functional groups attached to an aromatic ring is 1. The highest BCUT2D eigenvalue weighted by Gasteiger charge is 2.23. The van der Waals surface area contributed by atoms with Crippen molar-refractivity contribution in [2.24, 2.45) is 0 Å². The van der Waals surface area contributed by atoms with Gasteiger partial charge in [0.1, 0.15) is 11.6 Å². The minimum Gasteiger partial charge on any atom is -0.383 e. The lowest BCUT2D eigenvalue weighted by atomic mass is 9.94. The van der Waals surface area contributed by atoms with Crippen LogP contribution >= 0.6 is 27.5 Å². The van der Waals surface area contributed by atoms with E-state index in [-0.39, 0.29) is 10.4 Å². The van der Waals surface area contributed by atoms with Crippen molar-refractivity contribution in [1.82, 2.24) is 9.97 Å². The average molecular weight is 373 g/mol. The Kier molecular flexibility index (Phi) is 4.26. The third-order valence-corrected chi connectivity index (χ3v) is 4.40. The Morgan fingerprint density at radius 1 is 1.24 bits per heavy atom. The molecule has 1 aromatic heterocycles. The van der Waals surface area contributed by atoms with Crippen LogP contribution in [0.5, 0.6) is 0 Å². The molecule has 2 rings (SSSR count). The van der Waals surface area contributed by atoms with Gasteiger partial charge in [0.2, 0.25) is 0 Å². The monoisotopic (exact) mass is 371 g/mol. The summed E-state index contributed by atoms with van der Waals surface area (Å²) in [6, 6.07) is 3.32. The molecule has 2 N–H and O–H groups in total. The van der Waals surface area contributed by atoms with Gasteiger partial charge >= 0.3 is 0 Å². The van der Waals surface area contributed by atoms with Crippen LogP contribution < -0.4 is 5.73 Å². The molecule has 21 heavy (non-hydrogen) atoms. The van der Waals surface area contributed by atoms with Crippen LogP contribution in [-0.4, -0.2) is 9.97 Å². The maximum Gasteiger partial charge on any atom is 0.152 e. The largest absolute Gasteiger partial charge is 0.383 e. The third-order valence-electron chi connectivity index (χ3n) is 3.14. The van der Waals surface area contributed by atoms with Crippen LogP contribution in [0, 0.1) is 12.7 Å². The zero-order valence-corrected chi connectivity index (χ0v) is 14.6. The Hall–Kier alpha value is -1.20. The minimum absolute atomic E-state index is 0.0291. The zero-order chi connectivity index (χ0) is 15.9. The van der Waals surface area contributed by atoms with Crippen LogP contribution in [-0.2, 0) is 5.41 Å². The topological polar surface area (TPSA) is 51.8 Å². The second kappa shape index (κ2) is 5.54. The quantitative estimate of drug-likeness (QED) is 0.725. The summed E-state index contributed by atoms with van der Waals surface area (Å²) < 4.78 is 14.9. The number of rotatable bonds is 1. The Bertz CT molecular complexity index is 711. The summed E-state index contributed by atoms with van der Waals surface area (Å²) in [6.07, 6.45) is 0. The van der Waals surface area contributed by atoms with Gasteiger partial charge in [0.05, 0.1) is 10.7 Å². The van der Waals surface area contributed by atoms with E-state index in [2.05, 4.69) is 25.9 Å². The van der Waals surface area contributed by atoms with Crippen molar-refractivity contribution >= 4 is 33.3 Å². The summed E-state index contributed by atoms with van der Waals surface area (Å²) in [5.41, 5.74) is 7.10. The normalized spacial score (nSPS) is 11.8. The summed E-state index contributed by atoms with van der Waals surface area (Å²) in [5, 5.41) is 0.0291. The third kappa shape index (κ3) is 3.04. The fraction of sp³-hybridized carbons (Fsp3) is 0.333. The van der Waals surface area contributed by atoms with E-state index in [1.807, 2.05) is 20.8 Å². The van der Waals surface area contributed by atoms with E-state index < -0.39 is 5.82 Å². The van der Waals surface area contributed by atoms with Crippen LogP contribution in [0.4, 0.5) is 10.2 Å². The standard InChI is InChI=1S/C15H16BrClFN3/c1-7-12(8-5-6-9(16)10(17)11(8)18)20-14(15(2,3)4)21-13(7)19/h5-6H,1-4H3,(H2,19,20,21). The molecule has 0 fully saturated rings. The molecule has 0 unspecified atom stereocenters. The molecule has 0 spiro atoms. The van der Waals surface area contributed by atoms with E-state index in [1.54, 1.807) is 19.1 Å². The lowest BCUT2D eigenvalue weighted by Crippen LogP contribution is -2.18. The number of aromatic nitrogens is 2. The molecule has 1 aromatic carbocycles. The molecule has 112 valence electrons. The molecule has 6 heteroatoms. The van der Waals surface area contributed by atoms with Crippen molar-refractivity contribution in [2.45, 2.75) is 33.1 Å². The molecule has 0 atom stereocenters. The number of nitrogens with zero attached hydrogens (tertiary/aromatic N) is 2. The number of hydrogen-bond donors (Lipinski definition) is 1. The lowest BCUT2D eigenvalue weighted by Gasteiger charge is -2.19. The zero-order valence-electron chi connectivity index (χ0n) is 12.3. The Labute approximate surface area is 136 Å². The number of hydrogen-bond acceptors (Lipinski definition) is 3. The first-order chi connectivity index (χ1) is 9.62. The first kappa shape index (κ1) is 16.2. The minimum atomic E-state index is -0.521. The molecule has 0 aliphatic rings. The molecule has 0 aliphatic carbocycles. The number of halogens is 3. The Morgan fingerprint density at radius 3 is 2.43 bits per heavy atom. The van der Waals surface area contributed by atoms with Crippen LogP contribution in [0.15, 0.2) is 16.6 Å². The van der Waals surface area contributed by atoms with Crippen LogP contribution in [0.25, 0.3) is 11.3 Å². The number of anilines is 1. The fourth-order valence-electron chi connectivity index (χ4n) is 1.84. The van der Waals surface area contributed by atoms with Crippen molar-refractivity contribution in [1.29, 1.82) is 0 Å². The van der Waals surface area contributed by atoms with Gasteiger partial charge in [0.25, 0.3) is 0 Å². The maximum atomic E-state index is 14.4. The Morgan fingerprint density at radius 2 is 1.86 bits per heavy atom. The van der Waals surface area contributed by atoms with E-state index in [0.29, 0.717) is 32.9 Å². The van der Waals surface area contributed by atoms with E-state index >= 15 is 0 Å². The molecule has 0 amide bonds. The van der Waals surface area contributed by atoms with E-state index in [4.69, 9.17) is 17.3 Å². The first-order valence-corrected chi connectivity index (χ1v) is 7.58. The fourth-order valence-corrected chi connectivity index (χ4v) is 2.31. The number of benzene rings is 1. The van der Waals surface area contributed by atoms with Gasteiger partial charge in [-0.2, -0.15) is 0 Å². The van der Waals surface area contributed by atoms with Crippen LogP contribution in [0.1, 0.15) is 32.2 Å². The second-order valence-corrected chi connectivity index (χ2v) is 7.11. The smallest absolute Gasteiger partial charge is 0.152 e. The highest BCUT2D eigenvalue weighted by molar-refractivity contribution is 9.10. The van der Waals surface area contributed by atoms with Gasteiger partial charge in [-0.3, -0.25) is 0 Å². The van der Waals surface area contributed by atoms with Crippen LogP contribution in [0.3, 0.4) is 0 Å². The summed E-state index contributed by atoms with van der Waals surface area (Å²) in [4.78, 5) is 8.80. The van der Waals surface area contributed by atoms with Gasteiger partial charge < -0.3 is 5.73 Å². The highest BCUT2D eigenvalue weighted by Crippen LogP contribution is 2.35. The van der Waals surface area contributed by atoms with Crippen molar-refractivity contribution < 1.29 is 4.39 Å². The van der Waals surface area contributed by atoms with E-state index in [9.17, 15) is 4.39 Å². The molecule has 0 bridgehead atoms. The van der Waals surface area contributed by atoms with Crippen molar-refractivity contribution in [3.05, 3.63) is 38.8 Å². The SMILES string of the molecule is Cc1c(N)nc(C(C)(C)C)nc1-c1ccc(Br)c(Cl)c1F. The predicted octanol–water partition coefficient (Wildman–Crippen LogP) is 4.89. The Balaban J connectivity index is 2.75. The molecule has 2 aromatic rings. The van der Waals surface area contributed by atoms with Gasteiger partial charge in [-0.1, -0.05) is 32.4 Å². The average Bonchev–Trinajstić information content (AvgIpc) is 2.39. The first-order valence-electron chi connectivity index (χ1n) is 6.41. The number of nitrogens with two attached hydrogens (primary N) is 1. The predicted molar refractivity (Wildman–Crippen MR) is 88.0 cm³/mol. The highest BCUT2D eigenvalue weighted by atomic mass is 79.9. The molecule has 3 nitrogen and oxygen atoms in total. The van der Waals surface area contributed by atoms with Gasteiger partial charge in [0, 0.05) is 21.0 Å². The summed E-state index contributed by atoms with van der Waals surface area (Å²) in [7, 11) is 0. The van der Waals surface area contributed by atoms with Gasteiger partial charge in [-0.05, 0) is 35.0 Å².